The molecule has 1 fully saturated rings. The minimum atomic E-state index is -0.0493. The molecule has 0 unspecified atom stereocenters. The number of carbonyl (C=O) groups excluding carboxylic acids is 1. The summed E-state index contributed by atoms with van der Waals surface area (Å²) in [5, 5.41) is 4.80. The quantitative estimate of drug-likeness (QED) is 0.372. The summed E-state index contributed by atoms with van der Waals surface area (Å²) >= 11 is 10.1. The summed E-state index contributed by atoms with van der Waals surface area (Å²) in [5.41, 5.74) is 3.64. The lowest BCUT2D eigenvalue weighted by Crippen LogP contribution is -2.27. The molecule has 1 aliphatic rings. The predicted molar refractivity (Wildman–Crippen MR) is 122 cm³/mol. The minimum Gasteiger partial charge on any atom is -0.293 e. The van der Waals surface area contributed by atoms with Crippen LogP contribution in [-0.2, 0) is 4.79 Å². The van der Waals surface area contributed by atoms with E-state index >= 15 is 0 Å². The van der Waals surface area contributed by atoms with Gasteiger partial charge in [0.15, 0.2) is 0 Å². The van der Waals surface area contributed by atoms with Gasteiger partial charge in [-0.2, -0.15) is 5.10 Å². The Kier molecular flexibility index (Phi) is 5.48. The predicted octanol–water partition coefficient (Wildman–Crippen LogP) is 5.52. The van der Waals surface area contributed by atoms with Crippen molar-refractivity contribution in [3.8, 4) is 16.9 Å². The number of benzene rings is 2. The fraction of sp³-hybridized carbons (Fsp3) is 0.0952. The highest BCUT2D eigenvalue weighted by Crippen LogP contribution is 2.34. The Morgan fingerprint density at radius 1 is 1.14 bits per heavy atom. The highest BCUT2D eigenvalue weighted by molar-refractivity contribution is 9.10. The summed E-state index contributed by atoms with van der Waals surface area (Å²) in [5.74, 6) is -0.0493. The van der Waals surface area contributed by atoms with Crippen LogP contribution >= 0.6 is 39.9 Å². The largest absolute Gasteiger partial charge is 0.293 e. The van der Waals surface area contributed by atoms with E-state index in [2.05, 4.69) is 15.9 Å². The zero-order valence-corrected chi connectivity index (χ0v) is 18.2. The number of amides is 1. The Balaban J connectivity index is 1.82. The van der Waals surface area contributed by atoms with E-state index < -0.39 is 0 Å². The van der Waals surface area contributed by atoms with Crippen LogP contribution in [0.2, 0.25) is 0 Å². The molecule has 1 aliphatic heterocycles. The highest BCUT2D eigenvalue weighted by Gasteiger charge is 2.31. The van der Waals surface area contributed by atoms with Crippen LogP contribution in [0.4, 0.5) is 0 Å². The number of likely N-dealkylation sites (N-methyl/N-ethyl adjacent to an activating group) is 1. The summed E-state index contributed by atoms with van der Waals surface area (Å²) < 4.78 is 3.44. The fourth-order valence-electron chi connectivity index (χ4n) is 2.95. The third kappa shape index (κ3) is 3.70. The fourth-order valence-corrected chi connectivity index (χ4v) is 4.59. The molecule has 3 aromatic rings. The number of halogens is 1. The molecule has 0 atom stereocenters. The van der Waals surface area contributed by atoms with Gasteiger partial charge in [-0.1, -0.05) is 70.2 Å². The van der Waals surface area contributed by atoms with Gasteiger partial charge in [0.2, 0.25) is 0 Å². The Morgan fingerprint density at radius 3 is 2.50 bits per heavy atom. The summed E-state index contributed by atoms with van der Waals surface area (Å²) in [4.78, 5) is 14.9. The van der Waals surface area contributed by atoms with Gasteiger partial charge in [0.05, 0.1) is 16.3 Å². The van der Waals surface area contributed by atoms with E-state index in [1.807, 2.05) is 78.5 Å². The zero-order chi connectivity index (χ0) is 19.7. The molecule has 1 amide bonds. The van der Waals surface area contributed by atoms with Crippen LogP contribution in [-0.4, -0.2) is 31.5 Å². The number of thioether (sulfide) groups is 1. The third-order valence-corrected chi connectivity index (χ3v) is 6.26. The van der Waals surface area contributed by atoms with E-state index in [0.29, 0.717) is 15.8 Å². The molecule has 0 saturated carbocycles. The van der Waals surface area contributed by atoms with Crippen LogP contribution in [0.25, 0.3) is 23.0 Å². The van der Waals surface area contributed by atoms with Crippen molar-refractivity contribution in [1.29, 1.82) is 0 Å². The lowest BCUT2D eigenvalue weighted by molar-refractivity contribution is -0.121. The summed E-state index contributed by atoms with van der Waals surface area (Å²) in [6, 6.07) is 17.9. The van der Waals surface area contributed by atoms with Crippen LogP contribution in [0.1, 0.15) is 12.5 Å². The van der Waals surface area contributed by atoms with Gasteiger partial charge in [0, 0.05) is 28.3 Å². The second-order valence-electron chi connectivity index (χ2n) is 6.15. The monoisotopic (exact) mass is 469 g/mol. The van der Waals surface area contributed by atoms with Gasteiger partial charge in [-0.3, -0.25) is 9.69 Å². The van der Waals surface area contributed by atoms with E-state index in [9.17, 15) is 4.79 Å². The molecule has 0 radical (unpaired) electrons. The van der Waals surface area contributed by atoms with Crippen molar-refractivity contribution < 1.29 is 4.79 Å². The SMILES string of the molecule is CCN1C(=O)/C(=C/c2cn(-c3ccccc3)nc2-c2ccc(Br)cc2)SC1=S. The van der Waals surface area contributed by atoms with E-state index in [4.69, 9.17) is 17.3 Å². The van der Waals surface area contributed by atoms with Gasteiger partial charge in [-0.25, -0.2) is 4.68 Å². The molecule has 1 aromatic heterocycles. The maximum Gasteiger partial charge on any atom is 0.266 e. The number of rotatable bonds is 4. The van der Waals surface area contributed by atoms with Gasteiger partial charge in [-0.05, 0) is 37.3 Å². The molecule has 2 aromatic carbocycles. The molecule has 0 aliphatic carbocycles. The van der Waals surface area contributed by atoms with Gasteiger partial charge >= 0.3 is 0 Å². The van der Waals surface area contributed by atoms with Crippen molar-refractivity contribution in [2.24, 2.45) is 0 Å². The van der Waals surface area contributed by atoms with Gasteiger partial charge < -0.3 is 0 Å². The molecule has 0 N–H and O–H groups in total. The Bertz CT molecular complexity index is 1070. The topological polar surface area (TPSA) is 38.1 Å². The maximum atomic E-state index is 12.6. The number of nitrogens with zero attached hydrogens (tertiary/aromatic N) is 3. The number of hydrogen-bond acceptors (Lipinski definition) is 4. The number of thiocarbonyl (C=S) groups is 1. The molecule has 0 spiro atoms. The molecule has 2 heterocycles. The van der Waals surface area contributed by atoms with Crippen molar-refractivity contribution in [2.45, 2.75) is 6.92 Å². The van der Waals surface area contributed by atoms with Crippen LogP contribution < -0.4 is 0 Å². The molecule has 4 rings (SSSR count). The smallest absolute Gasteiger partial charge is 0.266 e. The molecule has 0 bridgehead atoms. The Morgan fingerprint density at radius 2 is 1.86 bits per heavy atom. The lowest BCUT2D eigenvalue weighted by Gasteiger charge is -2.09. The van der Waals surface area contributed by atoms with E-state index in [1.165, 1.54) is 11.8 Å². The Hall–Kier alpha value is -2.22. The average molecular weight is 470 g/mol. The molecule has 140 valence electrons. The highest BCUT2D eigenvalue weighted by atomic mass is 79.9. The van der Waals surface area contributed by atoms with Crippen molar-refractivity contribution in [1.82, 2.24) is 14.7 Å². The number of hydrogen-bond donors (Lipinski definition) is 0. The number of para-hydroxylation sites is 1. The average Bonchev–Trinajstić information content (AvgIpc) is 3.24. The molecule has 4 nitrogen and oxygen atoms in total. The maximum absolute atomic E-state index is 12.6. The number of aromatic nitrogens is 2. The zero-order valence-electron chi connectivity index (χ0n) is 15.0. The molecular formula is C21H16BrN3OS2. The number of carbonyl (C=O) groups is 1. The van der Waals surface area contributed by atoms with Crippen LogP contribution in [0.3, 0.4) is 0 Å². The second kappa shape index (κ2) is 8.03. The van der Waals surface area contributed by atoms with E-state index in [0.717, 1.165) is 27.0 Å². The van der Waals surface area contributed by atoms with Crippen LogP contribution in [0.15, 0.2) is 70.2 Å². The summed E-state index contributed by atoms with van der Waals surface area (Å²) in [6.45, 7) is 2.50. The van der Waals surface area contributed by atoms with Gasteiger partial charge in [0.1, 0.15) is 4.32 Å². The van der Waals surface area contributed by atoms with Crippen molar-refractivity contribution >= 4 is 56.2 Å². The van der Waals surface area contributed by atoms with Crippen molar-refractivity contribution in [3.05, 3.63) is 75.7 Å². The standard InChI is InChI=1S/C21H16BrN3OS2/c1-2-24-20(26)18(28-21(24)27)12-15-13-25(17-6-4-3-5-7-17)23-19(15)14-8-10-16(22)11-9-14/h3-13H,2H2,1H3/b18-12-. The first-order valence-corrected chi connectivity index (χ1v) is 10.7. The van der Waals surface area contributed by atoms with Crippen LogP contribution in [0.5, 0.6) is 0 Å². The second-order valence-corrected chi connectivity index (χ2v) is 8.74. The molecule has 7 heteroatoms. The van der Waals surface area contributed by atoms with Crippen molar-refractivity contribution in [2.75, 3.05) is 6.54 Å². The molecule has 1 saturated heterocycles. The van der Waals surface area contributed by atoms with E-state index in [1.54, 1.807) is 4.90 Å². The van der Waals surface area contributed by atoms with Crippen molar-refractivity contribution in [3.63, 3.8) is 0 Å². The first-order valence-electron chi connectivity index (χ1n) is 8.73. The minimum absolute atomic E-state index is 0.0493. The lowest BCUT2D eigenvalue weighted by atomic mass is 10.1. The first-order chi connectivity index (χ1) is 13.6. The van der Waals surface area contributed by atoms with Gasteiger partial charge in [-0.15, -0.1) is 0 Å². The third-order valence-electron chi connectivity index (χ3n) is 4.36. The molecular weight excluding hydrogens is 454 g/mol. The summed E-state index contributed by atoms with van der Waals surface area (Å²) in [7, 11) is 0. The van der Waals surface area contributed by atoms with Gasteiger partial charge in [0.25, 0.3) is 5.91 Å². The Labute approximate surface area is 181 Å². The normalized spacial score (nSPS) is 15.6. The molecule has 28 heavy (non-hydrogen) atoms. The van der Waals surface area contributed by atoms with E-state index in [-0.39, 0.29) is 5.91 Å². The summed E-state index contributed by atoms with van der Waals surface area (Å²) in [6.07, 6.45) is 3.84. The first kappa shape index (κ1) is 19.1. The van der Waals surface area contributed by atoms with Crippen LogP contribution in [0, 0.1) is 0 Å².